The van der Waals surface area contributed by atoms with E-state index in [1.165, 1.54) is 18.0 Å². The van der Waals surface area contributed by atoms with Gasteiger partial charge in [0, 0.05) is 16.3 Å². The van der Waals surface area contributed by atoms with Gasteiger partial charge >= 0.3 is 5.97 Å². The van der Waals surface area contributed by atoms with Gasteiger partial charge in [0.25, 0.3) is 0 Å². The second-order valence-corrected chi connectivity index (χ2v) is 7.77. The van der Waals surface area contributed by atoms with Gasteiger partial charge in [-0.25, -0.2) is 10.2 Å². The number of hydrogen-bond donors (Lipinski definition) is 1. The van der Waals surface area contributed by atoms with Crippen molar-refractivity contribution in [2.24, 2.45) is 5.10 Å². The molecule has 0 radical (unpaired) electrons. The summed E-state index contributed by atoms with van der Waals surface area (Å²) in [6, 6.07) is 18.0. The summed E-state index contributed by atoms with van der Waals surface area (Å²) < 4.78 is 10.7. The molecule has 8 heteroatoms. The molecule has 3 rings (SSSR count). The summed E-state index contributed by atoms with van der Waals surface area (Å²) in [6.45, 7) is 2.10. The SMILES string of the molecule is CCOC(=O)c1ccc(-c2ccc(/C=N\NC(=O)CSCc3ccccc3Cl)o2)cc1. The fourth-order valence-electron chi connectivity index (χ4n) is 2.63. The molecule has 0 bridgehead atoms. The van der Waals surface area contributed by atoms with Gasteiger partial charge < -0.3 is 9.15 Å². The number of benzene rings is 2. The predicted octanol–water partition coefficient (Wildman–Crippen LogP) is 5.16. The molecular weight excluding hydrogens is 436 g/mol. The largest absolute Gasteiger partial charge is 0.462 e. The van der Waals surface area contributed by atoms with Crippen molar-refractivity contribution in [3.05, 3.63) is 82.6 Å². The number of thioether (sulfide) groups is 1. The van der Waals surface area contributed by atoms with E-state index in [-0.39, 0.29) is 17.6 Å². The molecule has 1 amide bonds. The molecule has 160 valence electrons. The van der Waals surface area contributed by atoms with Gasteiger partial charge in [0.1, 0.15) is 11.5 Å². The van der Waals surface area contributed by atoms with E-state index >= 15 is 0 Å². The maximum absolute atomic E-state index is 11.9. The first-order valence-electron chi connectivity index (χ1n) is 9.57. The van der Waals surface area contributed by atoms with E-state index in [2.05, 4.69) is 10.5 Å². The molecule has 0 atom stereocenters. The third-order valence-electron chi connectivity index (χ3n) is 4.14. The summed E-state index contributed by atoms with van der Waals surface area (Å²) in [7, 11) is 0. The zero-order chi connectivity index (χ0) is 22.1. The normalized spacial score (nSPS) is 10.9. The molecule has 2 aromatic carbocycles. The first-order valence-corrected chi connectivity index (χ1v) is 11.1. The summed E-state index contributed by atoms with van der Waals surface area (Å²) in [6.07, 6.45) is 1.44. The average Bonchev–Trinajstić information content (AvgIpc) is 3.24. The zero-order valence-electron chi connectivity index (χ0n) is 16.8. The Labute approximate surface area is 189 Å². The van der Waals surface area contributed by atoms with Crippen molar-refractivity contribution in [3.8, 4) is 11.3 Å². The van der Waals surface area contributed by atoms with Gasteiger partial charge in [-0.2, -0.15) is 5.10 Å². The first kappa shape index (κ1) is 22.7. The molecule has 6 nitrogen and oxygen atoms in total. The average molecular weight is 457 g/mol. The van der Waals surface area contributed by atoms with Crippen LogP contribution in [0.2, 0.25) is 5.02 Å². The van der Waals surface area contributed by atoms with Crippen molar-refractivity contribution >= 4 is 41.5 Å². The minimum absolute atomic E-state index is 0.213. The molecule has 1 aromatic heterocycles. The Balaban J connectivity index is 1.47. The Morgan fingerprint density at radius 3 is 2.65 bits per heavy atom. The van der Waals surface area contributed by atoms with Gasteiger partial charge in [-0.05, 0) is 42.8 Å². The van der Waals surface area contributed by atoms with Crippen LogP contribution in [-0.4, -0.2) is 30.5 Å². The summed E-state index contributed by atoms with van der Waals surface area (Å²) in [5.41, 5.74) is 4.76. The monoisotopic (exact) mass is 456 g/mol. The maximum Gasteiger partial charge on any atom is 0.338 e. The number of esters is 1. The topological polar surface area (TPSA) is 80.9 Å². The minimum Gasteiger partial charge on any atom is -0.462 e. The maximum atomic E-state index is 11.9. The quantitative estimate of drug-likeness (QED) is 0.273. The number of carbonyl (C=O) groups is 2. The summed E-state index contributed by atoms with van der Waals surface area (Å²) in [5, 5.41) is 4.62. The summed E-state index contributed by atoms with van der Waals surface area (Å²) in [5.74, 6) is 1.45. The standard InChI is InChI=1S/C23H21ClN2O4S/c1-2-29-23(28)17-9-7-16(8-10-17)21-12-11-19(30-21)13-25-26-22(27)15-31-14-18-5-3-4-6-20(18)24/h3-13H,2,14-15H2,1H3,(H,26,27)/b25-13-. The van der Waals surface area contributed by atoms with Crippen LogP contribution in [0.25, 0.3) is 11.3 Å². The van der Waals surface area contributed by atoms with Crippen LogP contribution in [0.4, 0.5) is 0 Å². The Morgan fingerprint density at radius 2 is 1.90 bits per heavy atom. The van der Waals surface area contributed by atoms with E-state index < -0.39 is 0 Å². The van der Waals surface area contributed by atoms with Crippen molar-refractivity contribution in [2.45, 2.75) is 12.7 Å². The van der Waals surface area contributed by atoms with Crippen LogP contribution >= 0.6 is 23.4 Å². The molecular formula is C23H21ClN2O4S. The van der Waals surface area contributed by atoms with Crippen molar-refractivity contribution in [2.75, 3.05) is 12.4 Å². The molecule has 0 spiro atoms. The number of amides is 1. The van der Waals surface area contributed by atoms with Gasteiger partial charge in [0.2, 0.25) is 5.91 Å². The molecule has 0 aliphatic heterocycles. The van der Waals surface area contributed by atoms with Crippen LogP contribution in [0, 0.1) is 0 Å². The van der Waals surface area contributed by atoms with Crippen molar-refractivity contribution in [3.63, 3.8) is 0 Å². The van der Waals surface area contributed by atoms with E-state index in [4.69, 9.17) is 20.8 Å². The highest BCUT2D eigenvalue weighted by Crippen LogP contribution is 2.22. The van der Waals surface area contributed by atoms with E-state index in [0.29, 0.717) is 34.5 Å². The fourth-order valence-corrected chi connectivity index (χ4v) is 3.74. The third kappa shape index (κ3) is 6.73. The molecule has 1 heterocycles. The predicted molar refractivity (Wildman–Crippen MR) is 123 cm³/mol. The van der Waals surface area contributed by atoms with Gasteiger partial charge in [0.15, 0.2) is 0 Å². The van der Waals surface area contributed by atoms with E-state index in [1.54, 1.807) is 43.3 Å². The van der Waals surface area contributed by atoms with Gasteiger partial charge in [-0.15, -0.1) is 11.8 Å². The number of nitrogens with one attached hydrogen (secondary N) is 1. The van der Waals surface area contributed by atoms with E-state index in [0.717, 1.165) is 11.1 Å². The molecule has 0 aliphatic carbocycles. The van der Waals surface area contributed by atoms with Gasteiger partial charge in [0.05, 0.1) is 24.1 Å². The Hall–Kier alpha value is -3.03. The molecule has 0 aliphatic rings. The summed E-state index contributed by atoms with van der Waals surface area (Å²) >= 11 is 7.56. The minimum atomic E-state index is -0.359. The molecule has 0 fully saturated rings. The van der Waals surface area contributed by atoms with E-state index in [9.17, 15) is 9.59 Å². The van der Waals surface area contributed by atoms with E-state index in [1.807, 2.05) is 24.3 Å². The fraction of sp³-hybridized carbons (Fsp3) is 0.174. The molecule has 31 heavy (non-hydrogen) atoms. The highest BCUT2D eigenvalue weighted by molar-refractivity contribution is 7.99. The molecule has 3 aromatic rings. The number of carbonyl (C=O) groups excluding carboxylic acids is 2. The smallest absolute Gasteiger partial charge is 0.338 e. The lowest BCUT2D eigenvalue weighted by molar-refractivity contribution is -0.118. The third-order valence-corrected chi connectivity index (χ3v) is 5.49. The zero-order valence-corrected chi connectivity index (χ0v) is 18.4. The summed E-state index contributed by atoms with van der Waals surface area (Å²) in [4.78, 5) is 23.6. The molecule has 0 saturated heterocycles. The number of ether oxygens (including phenoxy) is 1. The van der Waals surface area contributed by atoms with Crippen molar-refractivity contribution in [1.82, 2.24) is 5.43 Å². The van der Waals surface area contributed by atoms with Crippen molar-refractivity contribution in [1.29, 1.82) is 0 Å². The van der Waals surface area contributed by atoms with Crippen LogP contribution in [0.15, 0.2) is 70.2 Å². The molecule has 1 N–H and O–H groups in total. The number of rotatable bonds is 9. The number of hydrogen-bond acceptors (Lipinski definition) is 6. The number of furan rings is 1. The van der Waals surface area contributed by atoms with Gasteiger partial charge in [-0.1, -0.05) is 41.9 Å². The lowest BCUT2D eigenvalue weighted by Gasteiger charge is -2.03. The molecule has 0 unspecified atom stereocenters. The lowest BCUT2D eigenvalue weighted by Crippen LogP contribution is -2.19. The second kappa shape index (κ2) is 11.4. The Kier molecular flexibility index (Phi) is 8.32. The van der Waals surface area contributed by atoms with Crippen molar-refractivity contribution < 1.29 is 18.7 Å². The number of halogens is 1. The van der Waals surface area contributed by atoms with Crippen LogP contribution < -0.4 is 5.43 Å². The van der Waals surface area contributed by atoms with Crippen LogP contribution in [0.3, 0.4) is 0 Å². The first-order chi connectivity index (χ1) is 15.1. The Bertz CT molecular complexity index is 1060. The second-order valence-electron chi connectivity index (χ2n) is 6.38. The highest BCUT2D eigenvalue weighted by atomic mass is 35.5. The van der Waals surface area contributed by atoms with Gasteiger partial charge in [-0.3, -0.25) is 4.79 Å². The number of hydrazone groups is 1. The van der Waals surface area contributed by atoms with Crippen LogP contribution in [-0.2, 0) is 15.3 Å². The molecule has 0 saturated carbocycles. The highest BCUT2D eigenvalue weighted by Gasteiger charge is 2.08. The van der Waals surface area contributed by atoms with Crippen LogP contribution in [0.1, 0.15) is 28.6 Å². The number of nitrogens with zero attached hydrogens (tertiary/aromatic N) is 1. The Morgan fingerprint density at radius 1 is 1.13 bits per heavy atom. The van der Waals surface area contributed by atoms with Crippen LogP contribution in [0.5, 0.6) is 0 Å². The lowest BCUT2D eigenvalue weighted by atomic mass is 10.1.